The Morgan fingerprint density at radius 3 is 2.86 bits per heavy atom. The van der Waals surface area contributed by atoms with Crippen LogP contribution in [0, 0.1) is 5.82 Å². The normalized spacial score (nSPS) is 11.2. The van der Waals surface area contributed by atoms with Crippen LogP contribution in [0.1, 0.15) is 5.82 Å². The maximum atomic E-state index is 13.7. The second kappa shape index (κ2) is 5.04. The number of rotatable bonds is 4. The van der Waals surface area contributed by atoms with Gasteiger partial charge in [0.2, 0.25) is 5.95 Å². The van der Waals surface area contributed by atoms with Crippen molar-refractivity contribution in [2.75, 3.05) is 12.8 Å². The first kappa shape index (κ1) is 13.3. The lowest BCUT2D eigenvalue weighted by Crippen LogP contribution is -2.08. The van der Waals surface area contributed by atoms with Gasteiger partial charge in [0.25, 0.3) is 0 Å². The van der Waals surface area contributed by atoms with Crippen molar-refractivity contribution in [1.82, 2.24) is 24.3 Å². The van der Waals surface area contributed by atoms with Gasteiger partial charge < -0.3 is 19.6 Å². The third-order valence-electron chi connectivity index (χ3n) is 3.42. The molecule has 110 valence electrons. The summed E-state index contributed by atoms with van der Waals surface area (Å²) in [4.78, 5) is 4.17. The molecule has 7 nitrogen and oxygen atoms in total. The van der Waals surface area contributed by atoms with Gasteiger partial charge >= 0.3 is 0 Å². The number of anilines is 1. The van der Waals surface area contributed by atoms with E-state index < -0.39 is 5.82 Å². The number of halogens is 1. The van der Waals surface area contributed by atoms with Crippen molar-refractivity contribution in [2.24, 2.45) is 7.05 Å². The van der Waals surface area contributed by atoms with Gasteiger partial charge in [-0.2, -0.15) is 0 Å². The van der Waals surface area contributed by atoms with E-state index in [0.29, 0.717) is 24.4 Å². The second-order valence-corrected chi connectivity index (χ2v) is 4.71. The molecule has 21 heavy (non-hydrogen) atoms. The van der Waals surface area contributed by atoms with Gasteiger partial charge in [0.15, 0.2) is 11.6 Å². The zero-order valence-corrected chi connectivity index (χ0v) is 11.7. The van der Waals surface area contributed by atoms with Crippen molar-refractivity contribution in [2.45, 2.75) is 13.0 Å². The van der Waals surface area contributed by atoms with Gasteiger partial charge in [-0.3, -0.25) is 0 Å². The standard InChI is InChI=1S/C13H15FN6O/c1-19-7-16-18-12(19)3-4-20-10-6-11(21-2)8(14)5-9(10)17-13(20)15/h5-7H,3-4H2,1-2H3,(H2,15,17). The van der Waals surface area contributed by atoms with Crippen molar-refractivity contribution in [3.05, 3.63) is 30.1 Å². The van der Waals surface area contributed by atoms with Crippen molar-refractivity contribution in [3.63, 3.8) is 0 Å². The molecule has 0 saturated carbocycles. The van der Waals surface area contributed by atoms with E-state index in [9.17, 15) is 4.39 Å². The third-order valence-corrected chi connectivity index (χ3v) is 3.42. The fourth-order valence-corrected chi connectivity index (χ4v) is 2.28. The number of benzene rings is 1. The van der Waals surface area contributed by atoms with E-state index in [1.54, 1.807) is 12.4 Å². The summed E-state index contributed by atoms with van der Waals surface area (Å²) in [6.07, 6.45) is 2.29. The zero-order chi connectivity index (χ0) is 15.0. The lowest BCUT2D eigenvalue weighted by atomic mass is 10.2. The highest BCUT2D eigenvalue weighted by molar-refractivity contribution is 5.80. The van der Waals surface area contributed by atoms with Gasteiger partial charge in [-0.15, -0.1) is 10.2 Å². The quantitative estimate of drug-likeness (QED) is 0.779. The number of nitrogens with two attached hydrogens (primary N) is 1. The van der Waals surface area contributed by atoms with E-state index in [4.69, 9.17) is 10.5 Å². The molecule has 0 saturated heterocycles. The average molecular weight is 290 g/mol. The van der Waals surface area contributed by atoms with E-state index in [2.05, 4.69) is 15.2 Å². The summed E-state index contributed by atoms with van der Waals surface area (Å²) in [5.74, 6) is 0.885. The summed E-state index contributed by atoms with van der Waals surface area (Å²) >= 11 is 0. The highest BCUT2D eigenvalue weighted by Gasteiger charge is 2.13. The van der Waals surface area contributed by atoms with Crippen LogP contribution in [-0.2, 0) is 20.0 Å². The predicted octanol–water partition coefficient (Wildman–Crippen LogP) is 1.14. The van der Waals surface area contributed by atoms with Crippen LogP contribution >= 0.6 is 0 Å². The number of hydrogen-bond acceptors (Lipinski definition) is 5. The molecule has 0 spiro atoms. The molecule has 0 unspecified atom stereocenters. The molecule has 2 heterocycles. The largest absolute Gasteiger partial charge is 0.494 e. The van der Waals surface area contributed by atoms with Crippen molar-refractivity contribution in [3.8, 4) is 5.75 Å². The first-order chi connectivity index (χ1) is 10.1. The number of fused-ring (bicyclic) bond motifs is 1. The fraction of sp³-hybridized carbons (Fsp3) is 0.308. The van der Waals surface area contributed by atoms with Crippen LogP contribution in [0.3, 0.4) is 0 Å². The van der Waals surface area contributed by atoms with Gasteiger partial charge in [0, 0.05) is 32.1 Å². The molecule has 2 N–H and O–H groups in total. The molecule has 8 heteroatoms. The summed E-state index contributed by atoms with van der Waals surface area (Å²) in [5.41, 5.74) is 7.15. The van der Waals surface area contributed by atoms with E-state index >= 15 is 0 Å². The van der Waals surface area contributed by atoms with E-state index in [0.717, 1.165) is 11.3 Å². The van der Waals surface area contributed by atoms with Gasteiger partial charge in [0.1, 0.15) is 12.2 Å². The molecule has 3 aromatic rings. The van der Waals surface area contributed by atoms with Crippen LogP contribution in [0.2, 0.25) is 0 Å². The maximum Gasteiger partial charge on any atom is 0.201 e. The van der Waals surface area contributed by atoms with Crippen LogP contribution in [0.25, 0.3) is 11.0 Å². The summed E-state index contributed by atoms with van der Waals surface area (Å²) in [7, 11) is 3.30. The first-order valence-corrected chi connectivity index (χ1v) is 6.42. The third kappa shape index (κ3) is 2.28. The minimum atomic E-state index is -0.456. The van der Waals surface area contributed by atoms with E-state index in [1.165, 1.54) is 13.2 Å². The lowest BCUT2D eigenvalue weighted by Gasteiger charge is -2.07. The molecule has 0 aliphatic rings. The van der Waals surface area contributed by atoms with Gasteiger partial charge in [0.05, 0.1) is 18.1 Å². The predicted molar refractivity (Wildman–Crippen MR) is 75.4 cm³/mol. The highest BCUT2D eigenvalue weighted by atomic mass is 19.1. The van der Waals surface area contributed by atoms with Crippen LogP contribution < -0.4 is 10.5 Å². The number of methoxy groups -OCH3 is 1. The number of nitrogen functional groups attached to an aromatic ring is 1. The molecule has 0 aliphatic heterocycles. The summed E-state index contributed by atoms with van der Waals surface area (Å²) < 4.78 is 22.3. The molecule has 0 fully saturated rings. The van der Waals surface area contributed by atoms with Crippen molar-refractivity contribution in [1.29, 1.82) is 0 Å². The lowest BCUT2D eigenvalue weighted by molar-refractivity contribution is 0.387. The maximum absolute atomic E-state index is 13.7. The molecule has 0 bridgehead atoms. The molecule has 3 rings (SSSR count). The topological polar surface area (TPSA) is 83.8 Å². The van der Waals surface area contributed by atoms with Crippen molar-refractivity contribution >= 4 is 17.0 Å². The Bertz CT molecular complexity index is 793. The second-order valence-electron chi connectivity index (χ2n) is 4.71. The molecule has 0 amide bonds. The minimum Gasteiger partial charge on any atom is -0.494 e. The summed E-state index contributed by atoms with van der Waals surface area (Å²) in [6.45, 7) is 0.573. The Hall–Kier alpha value is -2.64. The van der Waals surface area contributed by atoms with E-state index in [1.807, 2.05) is 16.2 Å². The molecule has 0 atom stereocenters. The van der Waals surface area contributed by atoms with Crippen LogP contribution in [0.4, 0.5) is 10.3 Å². The fourth-order valence-electron chi connectivity index (χ4n) is 2.28. The molecule has 0 aliphatic carbocycles. The number of imidazole rings is 1. The Morgan fingerprint density at radius 1 is 1.38 bits per heavy atom. The number of hydrogen-bond donors (Lipinski definition) is 1. The molecular weight excluding hydrogens is 275 g/mol. The first-order valence-electron chi connectivity index (χ1n) is 6.42. The minimum absolute atomic E-state index is 0.169. The highest BCUT2D eigenvalue weighted by Crippen LogP contribution is 2.26. The number of ether oxygens (including phenoxy) is 1. The van der Waals surface area contributed by atoms with Crippen LogP contribution in [0.5, 0.6) is 5.75 Å². The number of nitrogens with zero attached hydrogens (tertiary/aromatic N) is 5. The smallest absolute Gasteiger partial charge is 0.201 e. The number of aryl methyl sites for hydroxylation is 3. The van der Waals surface area contributed by atoms with E-state index in [-0.39, 0.29) is 5.75 Å². The van der Waals surface area contributed by atoms with Gasteiger partial charge in [-0.1, -0.05) is 0 Å². The molecular formula is C13H15FN6O. The molecule has 2 aromatic heterocycles. The zero-order valence-electron chi connectivity index (χ0n) is 11.7. The Balaban J connectivity index is 1.97. The van der Waals surface area contributed by atoms with Crippen molar-refractivity contribution < 1.29 is 9.13 Å². The Kier molecular flexibility index (Phi) is 3.20. The van der Waals surface area contributed by atoms with Crippen LogP contribution in [0.15, 0.2) is 18.5 Å². The number of aromatic nitrogens is 5. The van der Waals surface area contributed by atoms with Gasteiger partial charge in [-0.05, 0) is 0 Å². The molecule has 0 radical (unpaired) electrons. The molecule has 1 aromatic carbocycles. The van der Waals surface area contributed by atoms with Gasteiger partial charge in [-0.25, -0.2) is 9.37 Å². The SMILES string of the molecule is COc1cc2c(cc1F)nc(N)n2CCc1nncn1C. The Labute approximate surface area is 120 Å². The summed E-state index contributed by atoms with van der Waals surface area (Å²) in [6, 6.07) is 2.92. The average Bonchev–Trinajstić information content (AvgIpc) is 2.98. The Morgan fingerprint density at radius 2 is 2.19 bits per heavy atom. The summed E-state index contributed by atoms with van der Waals surface area (Å²) in [5, 5.41) is 7.86. The van der Waals surface area contributed by atoms with Crippen LogP contribution in [-0.4, -0.2) is 31.4 Å². The monoisotopic (exact) mass is 290 g/mol.